The van der Waals surface area contributed by atoms with Crippen LogP contribution in [0.25, 0.3) is 0 Å². The number of hydrogen-bond acceptors (Lipinski definition) is 6. The Morgan fingerprint density at radius 2 is 1.47 bits per heavy atom. The fourth-order valence-electron chi connectivity index (χ4n) is 5.06. The van der Waals surface area contributed by atoms with Crippen LogP contribution in [0.15, 0.2) is 60.7 Å². The predicted octanol–water partition coefficient (Wildman–Crippen LogP) is 5.44. The maximum atomic E-state index is 13.6. The standard InChI is InChI=1S/C30H33ClN2O5/c1-35-24-9-5-21(6-10-24)19-37-27-14-13-26(30(34)33-17-16-32-15-3-4-23(32)18-33)28(31)29(27)38-20-22-7-11-25(36-2)12-8-22/h5-14,23H,3-4,15-20H2,1-2H3/t23-/m0/s1. The molecule has 5 rings (SSSR count). The lowest BCUT2D eigenvalue weighted by Crippen LogP contribution is -2.52. The van der Waals surface area contributed by atoms with Crippen molar-refractivity contribution >= 4 is 17.5 Å². The fraction of sp³-hybridized carbons (Fsp3) is 0.367. The summed E-state index contributed by atoms with van der Waals surface area (Å²) in [6.07, 6.45) is 2.32. The van der Waals surface area contributed by atoms with Gasteiger partial charge < -0.3 is 23.8 Å². The molecular weight excluding hydrogens is 504 g/mol. The van der Waals surface area contributed by atoms with Crippen LogP contribution in [0.2, 0.25) is 5.02 Å². The average Bonchev–Trinajstić information content (AvgIpc) is 3.44. The highest BCUT2D eigenvalue weighted by Crippen LogP contribution is 2.40. The van der Waals surface area contributed by atoms with E-state index in [0.29, 0.717) is 36.3 Å². The van der Waals surface area contributed by atoms with Gasteiger partial charge in [-0.2, -0.15) is 0 Å². The van der Waals surface area contributed by atoms with Gasteiger partial charge in [-0.05, 0) is 66.9 Å². The van der Waals surface area contributed by atoms with Crippen molar-refractivity contribution in [3.63, 3.8) is 0 Å². The Morgan fingerprint density at radius 3 is 2.11 bits per heavy atom. The van der Waals surface area contributed by atoms with Crippen LogP contribution in [0.5, 0.6) is 23.0 Å². The molecule has 0 unspecified atom stereocenters. The Kier molecular flexibility index (Phi) is 8.25. The van der Waals surface area contributed by atoms with E-state index in [2.05, 4.69) is 4.90 Å². The molecule has 7 nitrogen and oxygen atoms in total. The van der Waals surface area contributed by atoms with Gasteiger partial charge in [0.25, 0.3) is 5.91 Å². The van der Waals surface area contributed by atoms with Crippen LogP contribution in [-0.2, 0) is 13.2 Å². The summed E-state index contributed by atoms with van der Waals surface area (Å²) >= 11 is 6.88. The lowest BCUT2D eigenvalue weighted by atomic mass is 10.1. The minimum Gasteiger partial charge on any atom is -0.497 e. The second-order valence-electron chi connectivity index (χ2n) is 9.61. The molecule has 0 saturated carbocycles. The number of rotatable bonds is 9. The molecule has 1 amide bonds. The highest BCUT2D eigenvalue weighted by molar-refractivity contribution is 6.35. The number of hydrogen-bond donors (Lipinski definition) is 0. The van der Waals surface area contributed by atoms with Gasteiger partial charge in [0.15, 0.2) is 11.5 Å². The van der Waals surface area contributed by atoms with E-state index >= 15 is 0 Å². The summed E-state index contributed by atoms with van der Waals surface area (Å²) in [5, 5.41) is 0.268. The number of carbonyl (C=O) groups excluding carboxylic acids is 1. The normalized spacial score (nSPS) is 17.1. The van der Waals surface area contributed by atoms with Crippen LogP contribution in [0.1, 0.15) is 34.3 Å². The molecule has 2 heterocycles. The van der Waals surface area contributed by atoms with E-state index in [0.717, 1.165) is 48.7 Å². The maximum Gasteiger partial charge on any atom is 0.255 e. The molecule has 2 aliphatic rings. The monoisotopic (exact) mass is 536 g/mol. The van der Waals surface area contributed by atoms with Gasteiger partial charge in [0, 0.05) is 25.7 Å². The van der Waals surface area contributed by atoms with Crippen molar-refractivity contribution in [2.45, 2.75) is 32.1 Å². The van der Waals surface area contributed by atoms with E-state index in [9.17, 15) is 4.79 Å². The first-order valence-electron chi connectivity index (χ1n) is 12.9. The Morgan fingerprint density at radius 1 is 0.842 bits per heavy atom. The molecule has 2 fully saturated rings. The number of carbonyl (C=O) groups is 1. The number of amides is 1. The summed E-state index contributed by atoms with van der Waals surface area (Å²) in [4.78, 5) is 18.0. The molecule has 3 aromatic rings. The van der Waals surface area contributed by atoms with Gasteiger partial charge >= 0.3 is 0 Å². The molecule has 8 heteroatoms. The van der Waals surface area contributed by atoms with E-state index < -0.39 is 0 Å². The van der Waals surface area contributed by atoms with Crippen molar-refractivity contribution in [2.75, 3.05) is 40.4 Å². The average molecular weight is 537 g/mol. The molecule has 3 aromatic carbocycles. The molecule has 0 N–H and O–H groups in total. The van der Waals surface area contributed by atoms with E-state index in [1.807, 2.05) is 53.4 Å². The molecule has 2 aliphatic heterocycles. The molecule has 0 radical (unpaired) electrons. The Hall–Kier alpha value is -3.42. The lowest BCUT2D eigenvalue weighted by Gasteiger charge is -2.37. The van der Waals surface area contributed by atoms with E-state index in [1.165, 1.54) is 6.42 Å². The number of methoxy groups -OCH3 is 2. The number of benzene rings is 3. The Balaban J connectivity index is 1.37. The first-order valence-corrected chi connectivity index (χ1v) is 13.3. The summed E-state index contributed by atoms with van der Waals surface area (Å²) in [6, 6.07) is 19.2. The van der Waals surface area contributed by atoms with Crippen molar-refractivity contribution in [3.05, 3.63) is 82.4 Å². The zero-order valence-corrected chi connectivity index (χ0v) is 22.6. The van der Waals surface area contributed by atoms with E-state index in [1.54, 1.807) is 26.4 Å². The van der Waals surface area contributed by atoms with Gasteiger partial charge in [-0.3, -0.25) is 9.69 Å². The van der Waals surface area contributed by atoms with Gasteiger partial charge in [0.2, 0.25) is 0 Å². The molecule has 2 saturated heterocycles. The van der Waals surface area contributed by atoms with Gasteiger partial charge in [0.1, 0.15) is 24.7 Å². The first kappa shape index (κ1) is 26.2. The fourth-order valence-corrected chi connectivity index (χ4v) is 5.35. The summed E-state index contributed by atoms with van der Waals surface area (Å²) in [5.74, 6) is 2.32. The predicted molar refractivity (Wildman–Crippen MR) is 147 cm³/mol. The molecule has 1 atom stereocenters. The molecule has 0 aliphatic carbocycles. The Labute approximate surface area is 228 Å². The van der Waals surface area contributed by atoms with Crippen molar-refractivity contribution in [2.24, 2.45) is 0 Å². The van der Waals surface area contributed by atoms with Gasteiger partial charge in [-0.15, -0.1) is 0 Å². The molecule has 0 bridgehead atoms. The maximum absolute atomic E-state index is 13.6. The molecule has 38 heavy (non-hydrogen) atoms. The van der Waals surface area contributed by atoms with Gasteiger partial charge in [-0.1, -0.05) is 35.9 Å². The second kappa shape index (κ2) is 12.0. The number of nitrogens with zero attached hydrogens (tertiary/aromatic N) is 2. The quantitative estimate of drug-likeness (QED) is 0.363. The van der Waals surface area contributed by atoms with Crippen molar-refractivity contribution in [1.82, 2.24) is 9.80 Å². The third kappa shape index (κ3) is 5.84. The molecule has 200 valence electrons. The van der Waals surface area contributed by atoms with Crippen LogP contribution < -0.4 is 18.9 Å². The molecule has 0 aromatic heterocycles. The number of ether oxygens (including phenoxy) is 4. The van der Waals surface area contributed by atoms with Gasteiger partial charge in [-0.25, -0.2) is 0 Å². The SMILES string of the molecule is COc1ccc(COc2ccc(C(=O)N3CCN4CCC[C@H]4C3)c(Cl)c2OCc2ccc(OC)cc2)cc1. The summed E-state index contributed by atoms with van der Waals surface area (Å²) in [5.41, 5.74) is 2.34. The zero-order chi connectivity index (χ0) is 26.5. The smallest absolute Gasteiger partial charge is 0.255 e. The summed E-state index contributed by atoms with van der Waals surface area (Å²) < 4.78 is 22.8. The first-order chi connectivity index (χ1) is 18.6. The molecule has 0 spiro atoms. The van der Waals surface area contributed by atoms with Crippen LogP contribution in [0.3, 0.4) is 0 Å². The summed E-state index contributed by atoms with van der Waals surface area (Å²) in [7, 11) is 3.27. The van der Waals surface area contributed by atoms with Crippen LogP contribution >= 0.6 is 11.6 Å². The number of halogens is 1. The highest BCUT2D eigenvalue weighted by Gasteiger charge is 2.34. The third-order valence-corrected chi connectivity index (χ3v) is 7.64. The topological polar surface area (TPSA) is 60.5 Å². The van der Waals surface area contributed by atoms with Gasteiger partial charge in [0.05, 0.1) is 24.8 Å². The van der Waals surface area contributed by atoms with Crippen molar-refractivity contribution in [1.29, 1.82) is 0 Å². The lowest BCUT2D eigenvalue weighted by molar-refractivity contribution is 0.0571. The number of fused-ring (bicyclic) bond motifs is 1. The zero-order valence-electron chi connectivity index (χ0n) is 21.8. The van der Waals surface area contributed by atoms with E-state index in [4.69, 9.17) is 30.5 Å². The second-order valence-corrected chi connectivity index (χ2v) is 9.99. The third-order valence-electron chi connectivity index (χ3n) is 7.26. The minimum absolute atomic E-state index is 0.0717. The van der Waals surface area contributed by atoms with Crippen LogP contribution in [-0.4, -0.2) is 62.1 Å². The largest absolute Gasteiger partial charge is 0.497 e. The van der Waals surface area contributed by atoms with Crippen LogP contribution in [0.4, 0.5) is 0 Å². The van der Waals surface area contributed by atoms with Crippen LogP contribution in [0, 0.1) is 0 Å². The Bertz CT molecular complexity index is 1250. The number of piperazine rings is 1. The van der Waals surface area contributed by atoms with Crippen molar-refractivity contribution in [3.8, 4) is 23.0 Å². The molecular formula is C30H33ClN2O5. The minimum atomic E-state index is -0.0717. The van der Waals surface area contributed by atoms with Crippen molar-refractivity contribution < 1.29 is 23.7 Å². The highest BCUT2D eigenvalue weighted by atomic mass is 35.5. The van der Waals surface area contributed by atoms with E-state index in [-0.39, 0.29) is 17.5 Å². The summed E-state index contributed by atoms with van der Waals surface area (Å²) in [6.45, 7) is 4.03.